The van der Waals surface area contributed by atoms with E-state index in [9.17, 15) is 4.79 Å². The lowest BCUT2D eigenvalue weighted by molar-refractivity contribution is 0.0977. The minimum Gasteiger partial charge on any atom is -0.496 e. The quantitative estimate of drug-likeness (QED) is 0.843. The normalized spacial score (nSPS) is 9.73. The van der Waals surface area contributed by atoms with Gasteiger partial charge < -0.3 is 14.8 Å². The summed E-state index contributed by atoms with van der Waals surface area (Å²) in [6, 6.07) is 12.1. The Bertz CT molecular complexity index is 655. The number of thiocarbonyl (C=S) groups is 1. The van der Waals surface area contributed by atoms with E-state index in [1.54, 1.807) is 36.4 Å². The molecule has 1 aromatic heterocycles. The number of ether oxygens (including phenoxy) is 2. The summed E-state index contributed by atoms with van der Waals surface area (Å²) in [5.74, 6) is 1.05. The van der Waals surface area contributed by atoms with E-state index in [1.807, 2.05) is 6.07 Å². The number of pyridine rings is 1. The van der Waals surface area contributed by atoms with Crippen molar-refractivity contribution < 1.29 is 14.3 Å². The van der Waals surface area contributed by atoms with Gasteiger partial charge in [0.25, 0.3) is 5.91 Å². The molecule has 2 rings (SSSR count). The summed E-state index contributed by atoms with van der Waals surface area (Å²) in [6.07, 6.45) is 0. The van der Waals surface area contributed by atoms with E-state index in [1.165, 1.54) is 14.2 Å². The monoisotopic (exact) mass is 317 g/mol. The summed E-state index contributed by atoms with van der Waals surface area (Å²) in [4.78, 5) is 16.2. The topological polar surface area (TPSA) is 72.5 Å². The van der Waals surface area contributed by atoms with E-state index in [2.05, 4.69) is 15.6 Å². The van der Waals surface area contributed by atoms with Crippen molar-refractivity contribution in [3.05, 3.63) is 48.0 Å². The van der Waals surface area contributed by atoms with E-state index in [4.69, 9.17) is 21.7 Å². The molecule has 0 aliphatic carbocycles. The summed E-state index contributed by atoms with van der Waals surface area (Å²) >= 11 is 5.11. The SMILES string of the molecule is COc1cc(NC(=S)NC(=O)c2ccccc2)nc(OC)c1. The van der Waals surface area contributed by atoms with Crippen molar-refractivity contribution in [1.29, 1.82) is 0 Å². The van der Waals surface area contributed by atoms with Crippen LogP contribution in [0.25, 0.3) is 0 Å². The minimum absolute atomic E-state index is 0.136. The lowest BCUT2D eigenvalue weighted by atomic mass is 10.2. The van der Waals surface area contributed by atoms with Crippen LogP contribution < -0.4 is 20.1 Å². The predicted octanol–water partition coefficient (Wildman–Crippen LogP) is 2.23. The fourth-order valence-corrected chi connectivity index (χ4v) is 1.88. The van der Waals surface area contributed by atoms with Gasteiger partial charge in [0.2, 0.25) is 5.88 Å². The smallest absolute Gasteiger partial charge is 0.257 e. The number of methoxy groups -OCH3 is 2. The van der Waals surface area contributed by atoms with Crippen LogP contribution in [0, 0.1) is 0 Å². The maximum atomic E-state index is 12.0. The Morgan fingerprint density at radius 3 is 2.50 bits per heavy atom. The Balaban J connectivity index is 2.04. The number of carbonyl (C=O) groups excluding carboxylic acids is 1. The lowest BCUT2D eigenvalue weighted by Gasteiger charge is -2.11. The summed E-state index contributed by atoms with van der Waals surface area (Å²) < 4.78 is 10.2. The Morgan fingerprint density at radius 1 is 1.14 bits per heavy atom. The number of hydrogen-bond acceptors (Lipinski definition) is 5. The van der Waals surface area contributed by atoms with Crippen LogP contribution in [0.4, 0.5) is 5.82 Å². The van der Waals surface area contributed by atoms with Gasteiger partial charge in [-0.25, -0.2) is 0 Å². The largest absolute Gasteiger partial charge is 0.496 e. The molecule has 2 aromatic rings. The fraction of sp³-hybridized carbons (Fsp3) is 0.133. The predicted molar refractivity (Wildman–Crippen MR) is 87.5 cm³/mol. The number of carbonyl (C=O) groups is 1. The standard InChI is InChI=1S/C15H15N3O3S/c1-20-11-8-12(16-13(9-11)21-2)17-15(22)18-14(19)10-6-4-3-5-7-10/h3-9H,1-2H3,(H2,16,17,18,19,22). The van der Waals surface area contributed by atoms with Crippen LogP contribution in [0.5, 0.6) is 11.6 Å². The van der Waals surface area contributed by atoms with Gasteiger partial charge >= 0.3 is 0 Å². The molecule has 6 nitrogen and oxygen atoms in total. The molecule has 0 bridgehead atoms. The fourth-order valence-electron chi connectivity index (χ4n) is 1.68. The van der Waals surface area contributed by atoms with Crippen LogP contribution in [0.3, 0.4) is 0 Å². The molecule has 0 atom stereocenters. The highest BCUT2D eigenvalue weighted by molar-refractivity contribution is 7.80. The molecule has 22 heavy (non-hydrogen) atoms. The first-order chi connectivity index (χ1) is 10.6. The zero-order valence-electron chi connectivity index (χ0n) is 12.1. The van der Waals surface area contributed by atoms with Gasteiger partial charge in [-0.15, -0.1) is 0 Å². The van der Waals surface area contributed by atoms with Gasteiger partial charge in [0.15, 0.2) is 5.11 Å². The van der Waals surface area contributed by atoms with Crippen molar-refractivity contribution in [3.63, 3.8) is 0 Å². The maximum absolute atomic E-state index is 12.0. The molecular formula is C15H15N3O3S. The minimum atomic E-state index is -0.298. The molecule has 0 spiro atoms. The van der Waals surface area contributed by atoms with Crippen LogP contribution in [-0.4, -0.2) is 30.2 Å². The number of benzene rings is 1. The Hall–Kier alpha value is -2.67. The zero-order valence-corrected chi connectivity index (χ0v) is 12.9. The maximum Gasteiger partial charge on any atom is 0.257 e. The third kappa shape index (κ3) is 4.16. The van der Waals surface area contributed by atoms with Crippen LogP contribution in [0.1, 0.15) is 10.4 Å². The second-order valence-corrected chi connectivity index (χ2v) is 4.62. The summed E-state index contributed by atoms with van der Waals surface area (Å²) in [6.45, 7) is 0. The van der Waals surface area contributed by atoms with Crippen molar-refractivity contribution in [3.8, 4) is 11.6 Å². The lowest BCUT2D eigenvalue weighted by Crippen LogP contribution is -2.34. The number of rotatable bonds is 4. The summed E-state index contributed by atoms with van der Waals surface area (Å²) in [7, 11) is 3.04. The van der Waals surface area contributed by atoms with Crippen molar-refractivity contribution in [2.24, 2.45) is 0 Å². The van der Waals surface area contributed by atoms with Crippen molar-refractivity contribution in [1.82, 2.24) is 10.3 Å². The number of amides is 1. The van der Waals surface area contributed by atoms with Gasteiger partial charge in [-0.05, 0) is 24.4 Å². The summed E-state index contributed by atoms with van der Waals surface area (Å²) in [5, 5.41) is 5.54. The third-order valence-corrected chi connectivity index (χ3v) is 2.93. The highest BCUT2D eigenvalue weighted by Crippen LogP contribution is 2.21. The first-order valence-corrected chi connectivity index (χ1v) is 6.80. The van der Waals surface area contributed by atoms with Crippen molar-refractivity contribution in [2.75, 3.05) is 19.5 Å². The molecule has 7 heteroatoms. The van der Waals surface area contributed by atoms with Gasteiger partial charge in [0, 0.05) is 17.7 Å². The first-order valence-electron chi connectivity index (χ1n) is 6.40. The molecule has 0 unspecified atom stereocenters. The Morgan fingerprint density at radius 2 is 1.86 bits per heavy atom. The van der Waals surface area contributed by atoms with Gasteiger partial charge in [-0.2, -0.15) is 4.98 Å². The van der Waals surface area contributed by atoms with E-state index >= 15 is 0 Å². The molecule has 1 heterocycles. The molecule has 1 aromatic carbocycles. The van der Waals surface area contributed by atoms with E-state index in [0.717, 1.165) is 0 Å². The second-order valence-electron chi connectivity index (χ2n) is 4.21. The number of anilines is 1. The van der Waals surface area contributed by atoms with Crippen LogP contribution in [0.15, 0.2) is 42.5 Å². The highest BCUT2D eigenvalue weighted by atomic mass is 32.1. The molecule has 0 saturated carbocycles. The van der Waals surface area contributed by atoms with Crippen molar-refractivity contribution >= 4 is 29.1 Å². The summed E-state index contributed by atoms with van der Waals surface area (Å²) in [5.41, 5.74) is 0.517. The molecule has 0 radical (unpaired) electrons. The zero-order chi connectivity index (χ0) is 15.9. The van der Waals surface area contributed by atoms with E-state index in [0.29, 0.717) is 23.0 Å². The van der Waals surface area contributed by atoms with Gasteiger partial charge in [0.1, 0.15) is 11.6 Å². The van der Waals surface area contributed by atoms with E-state index in [-0.39, 0.29) is 11.0 Å². The molecule has 1 amide bonds. The first kappa shape index (κ1) is 15.7. The number of nitrogens with one attached hydrogen (secondary N) is 2. The van der Waals surface area contributed by atoms with Gasteiger partial charge in [-0.3, -0.25) is 10.1 Å². The van der Waals surface area contributed by atoms with Crippen LogP contribution in [-0.2, 0) is 0 Å². The average Bonchev–Trinajstić information content (AvgIpc) is 2.55. The molecule has 0 aliphatic heterocycles. The number of nitrogens with zero attached hydrogens (tertiary/aromatic N) is 1. The van der Waals surface area contributed by atoms with Gasteiger partial charge in [-0.1, -0.05) is 18.2 Å². The van der Waals surface area contributed by atoms with Crippen LogP contribution >= 0.6 is 12.2 Å². The highest BCUT2D eigenvalue weighted by Gasteiger charge is 2.09. The second kappa shape index (κ2) is 7.37. The average molecular weight is 317 g/mol. The molecular weight excluding hydrogens is 302 g/mol. The van der Waals surface area contributed by atoms with Crippen LogP contribution in [0.2, 0.25) is 0 Å². The van der Waals surface area contributed by atoms with E-state index < -0.39 is 0 Å². The molecule has 114 valence electrons. The van der Waals surface area contributed by atoms with Gasteiger partial charge in [0.05, 0.1) is 14.2 Å². The Kier molecular flexibility index (Phi) is 5.26. The van der Waals surface area contributed by atoms with Crippen molar-refractivity contribution in [2.45, 2.75) is 0 Å². The molecule has 2 N–H and O–H groups in total. The molecule has 0 aliphatic rings. The Labute approximate surface area is 133 Å². The number of aromatic nitrogens is 1. The molecule has 0 fully saturated rings. The third-order valence-electron chi connectivity index (χ3n) is 2.72. The number of hydrogen-bond donors (Lipinski definition) is 2. The molecule has 0 saturated heterocycles.